The van der Waals surface area contributed by atoms with E-state index in [2.05, 4.69) is 5.32 Å². The molecule has 0 aliphatic rings. The van der Waals surface area contributed by atoms with Crippen molar-refractivity contribution in [2.45, 2.75) is 13.0 Å². The standard InChI is InChI=1S/C19H20ClNO3/c1-14(13-24-18-10-8-17(23-2)9-11-18)21-19(22)12-5-15-3-6-16(20)7-4-15/h3-12,14H,13H2,1-2H3,(H,21,22)/b12-5+/t14-/m1/s1. The summed E-state index contributed by atoms with van der Waals surface area (Å²) in [5, 5.41) is 3.52. The smallest absolute Gasteiger partial charge is 0.244 e. The molecule has 0 spiro atoms. The van der Waals surface area contributed by atoms with Crippen molar-refractivity contribution in [2.75, 3.05) is 13.7 Å². The monoisotopic (exact) mass is 345 g/mol. The summed E-state index contributed by atoms with van der Waals surface area (Å²) in [6, 6.07) is 14.5. The minimum absolute atomic E-state index is 0.116. The highest BCUT2D eigenvalue weighted by molar-refractivity contribution is 6.30. The predicted octanol–water partition coefficient (Wildman–Crippen LogP) is 3.95. The molecule has 0 saturated carbocycles. The second kappa shape index (κ2) is 8.99. The number of amides is 1. The van der Waals surface area contributed by atoms with E-state index in [1.165, 1.54) is 6.08 Å². The second-order valence-corrected chi connectivity index (χ2v) is 5.72. The van der Waals surface area contributed by atoms with Crippen LogP contribution in [0.2, 0.25) is 5.02 Å². The summed E-state index contributed by atoms with van der Waals surface area (Å²) in [5.41, 5.74) is 0.914. The first-order valence-corrected chi connectivity index (χ1v) is 7.95. The fraction of sp³-hybridized carbons (Fsp3) is 0.211. The summed E-state index contributed by atoms with van der Waals surface area (Å²) < 4.78 is 10.7. The third-order valence-electron chi connectivity index (χ3n) is 3.25. The Bertz CT molecular complexity index is 681. The Morgan fingerprint density at radius 1 is 1.12 bits per heavy atom. The number of carbonyl (C=O) groups is 1. The van der Waals surface area contributed by atoms with E-state index in [9.17, 15) is 4.79 Å². The Labute approximate surface area is 147 Å². The number of halogens is 1. The highest BCUT2D eigenvalue weighted by atomic mass is 35.5. The lowest BCUT2D eigenvalue weighted by Crippen LogP contribution is -2.35. The lowest BCUT2D eigenvalue weighted by Gasteiger charge is -2.14. The van der Waals surface area contributed by atoms with Gasteiger partial charge < -0.3 is 14.8 Å². The molecule has 1 atom stereocenters. The van der Waals surface area contributed by atoms with E-state index >= 15 is 0 Å². The van der Waals surface area contributed by atoms with Gasteiger partial charge in [-0.3, -0.25) is 4.79 Å². The molecule has 1 N–H and O–H groups in total. The van der Waals surface area contributed by atoms with E-state index in [1.807, 2.05) is 43.3 Å². The highest BCUT2D eigenvalue weighted by Crippen LogP contribution is 2.17. The quantitative estimate of drug-likeness (QED) is 0.773. The van der Waals surface area contributed by atoms with Crippen molar-refractivity contribution in [3.8, 4) is 11.5 Å². The second-order valence-electron chi connectivity index (χ2n) is 5.28. The van der Waals surface area contributed by atoms with Gasteiger partial charge >= 0.3 is 0 Å². The van der Waals surface area contributed by atoms with Crippen LogP contribution in [0, 0.1) is 0 Å². The van der Waals surface area contributed by atoms with Crippen molar-refractivity contribution in [2.24, 2.45) is 0 Å². The summed E-state index contributed by atoms with van der Waals surface area (Å²) in [6.07, 6.45) is 3.23. The van der Waals surface area contributed by atoms with Gasteiger partial charge in [-0.05, 0) is 55.0 Å². The van der Waals surface area contributed by atoms with Gasteiger partial charge in [-0.1, -0.05) is 23.7 Å². The van der Waals surface area contributed by atoms with Crippen LogP contribution in [-0.4, -0.2) is 25.7 Å². The van der Waals surface area contributed by atoms with Gasteiger partial charge in [0.05, 0.1) is 13.2 Å². The van der Waals surface area contributed by atoms with Crippen LogP contribution in [0.3, 0.4) is 0 Å². The van der Waals surface area contributed by atoms with Gasteiger partial charge in [-0.2, -0.15) is 0 Å². The lowest BCUT2D eigenvalue weighted by molar-refractivity contribution is -0.117. The van der Waals surface area contributed by atoms with E-state index in [1.54, 1.807) is 25.3 Å². The van der Waals surface area contributed by atoms with E-state index in [0.717, 1.165) is 17.1 Å². The molecule has 2 aromatic rings. The number of nitrogens with one attached hydrogen (secondary N) is 1. The maximum Gasteiger partial charge on any atom is 0.244 e. The molecule has 1 amide bonds. The van der Waals surface area contributed by atoms with E-state index in [4.69, 9.17) is 21.1 Å². The normalized spacial score (nSPS) is 12.0. The molecule has 0 bridgehead atoms. The van der Waals surface area contributed by atoms with Crippen molar-refractivity contribution in [1.29, 1.82) is 0 Å². The van der Waals surface area contributed by atoms with Crippen molar-refractivity contribution in [1.82, 2.24) is 5.32 Å². The first-order chi connectivity index (χ1) is 11.6. The molecular formula is C19H20ClNO3. The zero-order chi connectivity index (χ0) is 17.4. The molecule has 0 saturated heterocycles. The number of ether oxygens (including phenoxy) is 2. The molecular weight excluding hydrogens is 326 g/mol. The molecule has 0 aliphatic carbocycles. The van der Waals surface area contributed by atoms with Crippen LogP contribution in [0.5, 0.6) is 11.5 Å². The van der Waals surface area contributed by atoms with Gasteiger partial charge in [0.1, 0.15) is 18.1 Å². The van der Waals surface area contributed by atoms with Gasteiger partial charge in [-0.15, -0.1) is 0 Å². The Kier molecular flexibility index (Phi) is 6.70. The minimum Gasteiger partial charge on any atom is -0.497 e. The fourth-order valence-corrected chi connectivity index (χ4v) is 2.10. The lowest BCUT2D eigenvalue weighted by atomic mass is 10.2. The third kappa shape index (κ3) is 5.97. The fourth-order valence-electron chi connectivity index (χ4n) is 1.97. The van der Waals surface area contributed by atoms with E-state index in [-0.39, 0.29) is 11.9 Å². The van der Waals surface area contributed by atoms with Crippen LogP contribution < -0.4 is 14.8 Å². The third-order valence-corrected chi connectivity index (χ3v) is 3.50. The van der Waals surface area contributed by atoms with Crippen LogP contribution in [0.25, 0.3) is 6.08 Å². The topological polar surface area (TPSA) is 47.6 Å². The molecule has 0 heterocycles. The largest absolute Gasteiger partial charge is 0.497 e. The van der Waals surface area contributed by atoms with Crippen molar-refractivity contribution >= 4 is 23.6 Å². The van der Waals surface area contributed by atoms with Crippen LogP contribution in [0.4, 0.5) is 0 Å². The predicted molar refractivity (Wildman–Crippen MR) is 96.6 cm³/mol. The first kappa shape index (κ1) is 17.9. The first-order valence-electron chi connectivity index (χ1n) is 7.58. The van der Waals surface area contributed by atoms with Crippen molar-refractivity contribution in [3.05, 3.63) is 65.2 Å². The number of hydrogen-bond acceptors (Lipinski definition) is 3. The molecule has 24 heavy (non-hydrogen) atoms. The molecule has 0 radical (unpaired) electrons. The summed E-state index contributed by atoms with van der Waals surface area (Å²) >= 11 is 5.82. The molecule has 0 fully saturated rings. The minimum atomic E-state index is -0.171. The number of rotatable bonds is 7. The van der Waals surface area contributed by atoms with Crippen molar-refractivity contribution < 1.29 is 14.3 Å². The summed E-state index contributed by atoms with van der Waals surface area (Å²) in [4.78, 5) is 11.9. The van der Waals surface area contributed by atoms with Crippen LogP contribution in [-0.2, 0) is 4.79 Å². The van der Waals surface area contributed by atoms with E-state index in [0.29, 0.717) is 11.6 Å². The molecule has 4 nitrogen and oxygen atoms in total. The average Bonchev–Trinajstić information content (AvgIpc) is 2.60. The van der Waals surface area contributed by atoms with Gasteiger partial charge in [-0.25, -0.2) is 0 Å². The number of hydrogen-bond donors (Lipinski definition) is 1. The molecule has 2 aromatic carbocycles. The zero-order valence-electron chi connectivity index (χ0n) is 13.7. The molecule has 2 rings (SSSR count). The summed E-state index contributed by atoms with van der Waals surface area (Å²) in [7, 11) is 1.62. The van der Waals surface area contributed by atoms with E-state index < -0.39 is 0 Å². The molecule has 5 heteroatoms. The Morgan fingerprint density at radius 2 is 1.75 bits per heavy atom. The maximum atomic E-state index is 11.9. The van der Waals surface area contributed by atoms with Gasteiger partial charge in [0, 0.05) is 11.1 Å². The van der Waals surface area contributed by atoms with Crippen LogP contribution in [0.1, 0.15) is 12.5 Å². The zero-order valence-corrected chi connectivity index (χ0v) is 14.4. The molecule has 126 valence electrons. The molecule has 0 unspecified atom stereocenters. The van der Waals surface area contributed by atoms with Gasteiger partial charge in [0.25, 0.3) is 0 Å². The molecule has 0 aliphatic heterocycles. The summed E-state index contributed by atoms with van der Waals surface area (Å²) in [5.74, 6) is 1.33. The number of benzene rings is 2. The maximum absolute atomic E-state index is 11.9. The van der Waals surface area contributed by atoms with Crippen molar-refractivity contribution in [3.63, 3.8) is 0 Å². The van der Waals surface area contributed by atoms with Crippen LogP contribution in [0.15, 0.2) is 54.6 Å². The van der Waals surface area contributed by atoms with Gasteiger partial charge in [0.2, 0.25) is 5.91 Å². The average molecular weight is 346 g/mol. The number of methoxy groups -OCH3 is 1. The Hall–Kier alpha value is -2.46. The Morgan fingerprint density at radius 3 is 2.38 bits per heavy atom. The summed E-state index contributed by atoms with van der Waals surface area (Å²) in [6.45, 7) is 2.27. The highest BCUT2D eigenvalue weighted by Gasteiger charge is 2.06. The number of carbonyl (C=O) groups excluding carboxylic acids is 1. The van der Waals surface area contributed by atoms with Crippen LogP contribution >= 0.6 is 11.6 Å². The SMILES string of the molecule is COc1ccc(OC[C@@H](C)NC(=O)/C=C/c2ccc(Cl)cc2)cc1. The molecule has 0 aromatic heterocycles. The van der Waals surface area contributed by atoms with Gasteiger partial charge in [0.15, 0.2) is 0 Å². The Balaban J connectivity index is 1.77.